The van der Waals surface area contributed by atoms with Gasteiger partial charge in [-0.3, -0.25) is 0 Å². The van der Waals surface area contributed by atoms with Crippen molar-refractivity contribution in [3.05, 3.63) is 41.1 Å². The fourth-order valence-corrected chi connectivity index (χ4v) is 1.42. The molecule has 0 amide bonds. The van der Waals surface area contributed by atoms with Crippen LogP contribution in [0, 0.1) is 5.82 Å². The highest BCUT2D eigenvalue weighted by Crippen LogP contribution is 2.20. The highest BCUT2D eigenvalue weighted by atomic mass is 79.9. The molecule has 0 aliphatic carbocycles. The lowest BCUT2D eigenvalue weighted by atomic mass is 10.3. The molecule has 0 radical (unpaired) electrons. The van der Waals surface area contributed by atoms with Crippen LogP contribution in [0.1, 0.15) is 0 Å². The zero-order chi connectivity index (χ0) is 9.26. The molecule has 0 fully saturated rings. The van der Waals surface area contributed by atoms with E-state index in [4.69, 9.17) is 0 Å². The third-order valence-corrected chi connectivity index (χ3v) is 2.24. The van der Waals surface area contributed by atoms with Gasteiger partial charge < -0.3 is 0 Å². The second-order valence-electron chi connectivity index (χ2n) is 2.44. The largest absolute Gasteiger partial charge is 0.223 e. The Bertz CT molecular complexity index is 413. The van der Waals surface area contributed by atoms with Gasteiger partial charge in [0.1, 0.15) is 18.5 Å². The van der Waals surface area contributed by atoms with Gasteiger partial charge in [-0.25, -0.2) is 14.1 Å². The molecule has 0 saturated heterocycles. The Morgan fingerprint density at radius 1 is 1.38 bits per heavy atom. The maximum absolute atomic E-state index is 12.9. The normalized spacial score (nSPS) is 10.3. The average Bonchev–Trinajstić information content (AvgIpc) is 2.61. The number of hydrogen-bond acceptors (Lipinski definition) is 2. The van der Waals surface area contributed by atoms with Crippen LogP contribution in [0.5, 0.6) is 0 Å². The van der Waals surface area contributed by atoms with E-state index in [2.05, 4.69) is 26.0 Å². The van der Waals surface area contributed by atoms with Crippen molar-refractivity contribution in [2.24, 2.45) is 0 Å². The first kappa shape index (κ1) is 8.37. The first-order chi connectivity index (χ1) is 6.27. The van der Waals surface area contributed by atoms with E-state index in [1.54, 1.807) is 6.07 Å². The SMILES string of the molecule is Fc1ccc(Br)c(-n2cncn2)c1. The van der Waals surface area contributed by atoms with Gasteiger partial charge in [0, 0.05) is 10.5 Å². The molecule has 13 heavy (non-hydrogen) atoms. The number of aromatic nitrogens is 3. The number of hydrogen-bond donors (Lipinski definition) is 0. The Balaban J connectivity index is 2.57. The third-order valence-electron chi connectivity index (χ3n) is 1.57. The fraction of sp³-hybridized carbons (Fsp3) is 0. The molecular weight excluding hydrogens is 237 g/mol. The predicted molar refractivity (Wildman–Crippen MR) is 49.0 cm³/mol. The van der Waals surface area contributed by atoms with Crippen molar-refractivity contribution in [1.29, 1.82) is 0 Å². The Morgan fingerprint density at radius 3 is 2.92 bits per heavy atom. The van der Waals surface area contributed by atoms with E-state index in [1.807, 2.05) is 0 Å². The van der Waals surface area contributed by atoms with E-state index in [0.29, 0.717) is 5.69 Å². The molecule has 0 bridgehead atoms. The van der Waals surface area contributed by atoms with E-state index in [0.717, 1.165) is 4.47 Å². The summed E-state index contributed by atoms with van der Waals surface area (Å²) in [7, 11) is 0. The molecule has 0 unspecified atom stereocenters. The summed E-state index contributed by atoms with van der Waals surface area (Å²) in [5.74, 6) is -0.297. The highest BCUT2D eigenvalue weighted by Gasteiger charge is 2.03. The molecular formula is C8H5BrFN3. The minimum Gasteiger partial charge on any atom is -0.223 e. The van der Waals surface area contributed by atoms with Crippen LogP contribution in [0.3, 0.4) is 0 Å². The molecule has 0 aliphatic rings. The van der Waals surface area contributed by atoms with E-state index in [-0.39, 0.29) is 5.82 Å². The average molecular weight is 242 g/mol. The van der Waals surface area contributed by atoms with Crippen molar-refractivity contribution in [3.63, 3.8) is 0 Å². The van der Waals surface area contributed by atoms with Gasteiger partial charge >= 0.3 is 0 Å². The Morgan fingerprint density at radius 2 is 2.23 bits per heavy atom. The molecule has 0 aliphatic heterocycles. The van der Waals surface area contributed by atoms with Crippen molar-refractivity contribution in [3.8, 4) is 5.69 Å². The van der Waals surface area contributed by atoms with E-state index in [1.165, 1.54) is 29.5 Å². The Labute approximate surface area is 82.3 Å². The van der Waals surface area contributed by atoms with Crippen molar-refractivity contribution in [1.82, 2.24) is 14.8 Å². The fourth-order valence-electron chi connectivity index (χ4n) is 0.994. The van der Waals surface area contributed by atoms with Gasteiger partial charge in [-0.2, -0.15) is 5.10 Å². The van der Waals surface area contributed by atoms with E-state index in [9.17, 15) is 4.39 Å². The van der Waals surface area contributed by atoms with Crippen LogP contribution in [0.4, 0.5) is 4.39 Å². The quantitative estimate of drug-likeness (QED) is 0.767. The van der Waals surface area contributed by atoms with Crippen LogP contribution in [-0.4, -0.2) is 14.8 Å². The van der Waals surface area contributed by atoms with Crippen LogP contribution in [0.15, 0.2) is 35.3 Å². The number of rotatable bonds is 1. The summed E-state index contributed by atoms with van der Waals surface area (Å²) in [6.07, 6.45) is 2.91. The number of halogens is 2. The lowest BCUT2D eigenvalue weighted by Crippen LogP contribution is -1.96. The van der Waals surface area contributed by atoms with Crippen molar-refractivity contribution in [2.75, 3.05) is 0 Å². The molecule has 0 saturated carbocycles. The maximum atomic E-state index is 12.9. The summed E-state index contributed by atoms with van der Waals surface area (Å²) >= 11 is 3.30. The van der Waals surface area contributed by atoms with E-state index >= 15 is 0 Å². The monoisotopic (exact) mass is 241 g/mol. The number of benzene rings is 1. The summed E-state index contributed by atoms with van der Waals surface area (Å²) in [6.45, 7) is 0. The molecule has 1 aromatic carbocycles. The second kappa shape index (κ2) is 3.26. The molecule has 2 rings (SSSR count). The van der Waals surface area contributed by atoms with Crippen LogP contribution in [-0.2, 0) is 0 Å². The van der Waals surface area contributed by atoms with Crippen molar-refractivity contribution in [2.45, 2.75) is 0 Å². The van der Waals surface area contributed by atoms with Crippen LogP contribution < -0.4 is 0 Å². The summed E-state index contributed by atoms with van der Waals surface area (Å²) < 4.78 is 15.1. The molecule has 1 heterocycles. The maximum Gasteiger partial charge on any atom is 0.138 e. The zero-order valence-corrected chi connectivity index (χ0v) is 8.07. The van der Waals surface area contributed by atoms with Gasteiger partial charge in [0.2, 0.25) is 0 Å². The van der Waals surface area contributed by atoms with Crippen molar-refractivity contribution < 1.29 is 4.39 Å². The molecule has 5 heteroatoms. The third kappa shape index (κ3) is 1.60. The van der Waals surface area contributed by atoms with Gasteiger partial charge in [-0.05, 0) is 28.1 Å². The second-order valence-corrected chi connectivity index (χ2v) is 3.29. The lowest BCUT2D eigenvalue weighted by molar-refractivity contribution is 0.625. The molecule has 66 valence electrons. The van der Waals surface area contributed by atoms with Crippen LogP contribution in [0.2, 0.25) is 0 Å². The zero-order valence-electron chi connectivity index (χ0n) is 6.48. The predicted octanol–water partition coefficient (Wildman–Crippen LogP) is 2.17. The molecule has 0 N–H and O–H groups in total. The number of nitrogens with zero attached hydrogens (tertiary/aromatic N) is 3. The lowest BCUT2D eigenvalue weighted by Gasteiger charge is -2.02. The molecule has 0 atom stereocenters. The first-order valence-electron chi connectivity index (χ1n) is 3.57. The van der Waals surface area contributed by atoms with Crippen LogP contribution >= 0.6 is 15.9 Å². The molecule has 3 nitrogen and oxygen atoms in total. The minimum absolute atomic E-state index is 0.297. The van der Waals surface area contributed by atoms with Crippen LogP contribution in [0.25, 0.3) is 5.69 Å². The van der Waals surface area contributed by atoms with Gasteiger partial charge in [0.05, 0.1) is 5.69 Å². The smallest absolute Gasteiger partial charge is 0.138 e. The van der Waals surface area contributed by atoms with Gasteiger partial charge in [-0.1, -0.05) is 0 Å². The van der Waals surface area contributed by atoms with Gasteiger partial charge in [0.15, 0.2) is 0 Å². The summed E-state index contributed by atoms with van der Waals surface area (Å²) in [4.78, 5) is 3.78. The molecule has 2 aromatic rings. The highest BCUT2D eigenvalue weighted by molar-refractivity contribution is 9.10. The van der Waals surface area contributed by atoms with Gasteiger partial charge in [-0.15, -0.1) is 0 Å². The van der Waals surface area contributed by atoms with E-state index < -0.39 is 0 Å². The Kier molecular flexibility index (Phi) is 2.10. The molecule has 0 spiro atoms. The van der Waals surface area contributed by atoms with Gasteiger partial charge in [0.25, 0.3) is 0 Å². The topological polar surface area (TPSA) is 30.7 Å². The Hall–Kier alpha value is -1.23. The van der Waals surface area contributed by atoms with Crippen molar-refractivity contribution >= 4 is 15.9 Å². The first-order valence-corrected chi connectivity index (χ1v) is 4.37. The molecule has 1 aromatic heterocycles. The summed E-state index contributed by atoms with van der Waals surface area (Å²) in [5.41, 5.74) is 0.637. The summed E-state index contributed by atoms with van der Waals surface area (Å²) in [5, 5.41) is 3.90. The minimum atomic E-state index is -0.297. The standard InChI is InChI=1S/C8H5BrFN3/c9-7-2-1-6(10)3-8(7)13-5-11-4-12-13/h1-5H. The summed E-state index contributed by atoms with van der Waals surface area (Å²) in [6, 6.07) is 4.40.